The number of carbonyl (C=O) groups excluding carboxylic acids is 1. The summed E-state index contributed by atoms with van der Waals surface area (Å²) >= 11 is 12.4. The van der Waals surface area contributed by atoms with E-state index >= 15 is 0 Å². The molecule has 5 rings (SSSR count). The van der Waals surface area contributed by atoms with Crippen LogP contribution < -0.4 is 5.32 Å². The number of imidazole rings is 1. The maximum atomic E-state index is 13.4. The highest BCUT2D eigenvalue weighted by molar-refractivity contribution is 6.35. The topological polar surface area (TPSA) is 61.0 Å². The number of amides is 2. The van der Waals surface area contributed by atoms with Gasteiger partial charge in [-0.3, -0.25) is 0 Å². The van der Waals surface area contributed by atoms with E-state index in [0.717, 1.165) is 42.5 Å². The number of aromatic amines is 1. The molecule has 0 bridgehead atoms. The predicted octanol–water partition coefficient (Wildman–Crippen LogP) is 6.41. The fraction of sp³-hybridized carbons (Fsp3) is 0.364. The zero-order valence-corrected chi connectivity index (χ0v) is 17.4. The summed E-state index contributed by atoms with van der Waals surface area (Å²) in [7, 11) is 0. The van der Waals surface area contributed by atoms with Crippen LogP contribution in [0.5, 0.6) is 0 Å². The molecule has 3 atom stereocenters. The monoisotopic (exact) mass is 428 g/mol. The van der Waals surface area contributed by atoms with E-state index < -0.39 is 0 Å². The Morgan fingerprint density at radius 2 is 1.97 bits per heavy atom. The number of hydrogen-bond acceptors (Lipinski definition) is 2. The van der Waals surface area contributed by atoms with Crippen molar-refractivity contribution in [3.05, 3.63) is 58.3 Å². The van der Waals surface area contributed by atoms with Crippen molar-refractivity contribution in [2.24, 2.45) is 5.92 Å². The van der Waals surface area contributed by atoms with Crippen molar-refractivity contribution in [2.45, 2.75) is 44.2 Å². The van der Waals surface area contributed by atoms with Crippen molar-refractivity contribution in [1.82, 2.24) is 14.9 Å². The van der Waals surface area contributed by atoms with Crippen molar-refractivity contribution in [3.8, 4) is 0 Å². The Hall–Kier alpha value is -2.24. The summed E-state index contributed by atoms with van der Waals surface area (Å²) in [6.07, 6.45) is 5.49. The number of nitrogens with one attached hydrogen (secondary N) is 2. The second kappa shape index (κ2) is 7.54. The Morgan fingerprint density at radius 1 is 1.14 bits per heavy atom. The molecule has 1 saturated heterocycles. The van der Waals surface area contributed by atoms with E-state index in [1.807, 2.05) is 29.2 Å². The molecule has 29 heavy (non-hydrogen) atoms. The Morgan fingerprint density at radius 3 is 2.83 bits per heavy atom. The van der Waals surface area contributed by atoms with Gasteiger partial charge in [0.2, 0.25) is 0 Å². The summed E-state index contributed by atoms with van der Waals surface area (Å²) in [5.41, 5.74) is 2.46. The molecule has 5 nitrogen and oxygen atoms in total. The summed E-state index contributed by atoms with van der Waals surface area (Å²) in [6, 6.07) is 13.1. The molecule has 7 heteroatoms. The van der Waals surface area contributed by atoms with Crippen LogP contribution in [0.1, 0.15) is 44.0 Å². The molecule has 2 N–H and O–H groups in total. The summed E-state index contributed by atoms with van der Waals surface area (Å²) in [5, 5.41) is 4.00. The molecule has 2 aromatic carbocycles. The van der Waals surface area contributed by atoms with E-state index in [4.69, 9.17) is 28.2 Å². The fourth-order valence-electron chi connectivity index (χ4n) is 4.90. The zero-order valence-electron chi connectivity index (χ0n) is 15.9. The number of anilines is 1. The number of benzene rings is 2. The number of carbonyl (C=O) groups is 1. The van der Waals surface area contributed by atoms with E-state index in [2.05, 4.69) is 10.3 Å². The number of hydrogen-bond donors (Lipinski definition) is 2. The lowest BCUT2D eigenvalue weighted by Crippen LogP contribution is -2.43. The molecule has 1 aliphatic heterocycles. The van der Waals surface area contributed by atoms with Crippen molar-refractivity contribution in [2.75, 3.05) is 5.32 Å². The number of fused-ring (bicyclic) bond motifs is 2. The van der Waals surface area contributed by atoms with Gasteiger partial charge < -0.3 is 15.2 Å². The molecule has 1 aromatic heterocycles. The summed E-state index contributed by atoms with van der Waals surface area (Å²) < 4.78 is 0. The van der Waals surface area contributed by atoms with Gasteiger partial charge in [0.15, 0.2) is 0 Å². The highest BCUT2D eigenvalue weighted by Crippen LogP contribution is 2.46. The van der Waals surface area contributed by atoms with Gasteiger partial charge in [0.1, 0.15) is 5.82 Å². The summed E-state index contributed by atoms with van der Waals surface area (Å²) in [6.45, 7) is 0. The molecular formula is C22H22Cl2N4O. The average molecular weight is 429 g/mol. The number of urea groups is 1. The number of nitrogens with zero attached hydrogens (tertiary/aromatic N) is 2. The van der Waals surface area contributed by atoms with Crippen LogP contribution >= 0.6 is 23.2 Å². The van der Waals surface area contributed by atoms with E-state index in [1.54, 1.807) is 18.2 Å². The summed E-state index contributed by atoms with van der Waals surface area (Å²) in [5.74, 6) is 1.36. The van der Waals surface area contributed by atoms with Crippen molar-refractivity contribution in [3.63, 3.8) is 0 Å². The van der Waals surface area contributed by atoms with Crippen LogP contribution in [0.3, 0.4) is 0 Å². The predicted molar refractivity (Wildman–Crippen MR) is 117 cm³/mol. The molecule has 1 aliphatic carbocycles. The minimum Gasteiger partial charge on any atom is -0.340 e. The maximum Gasteiger partial charge on any atom is 0.322 e. The zero-order chi connectivity index (χ0) is 20.0. The molecule has 1 saturated carbocycles. The van der Waals surface area contributed by atoms with Crippen LogP contribution in [0.4, 0.5) is 10.5 Å². The Balaban J connectivity index is 1.49. The van der Waals surface area contributed by atoms with Gasteiger partial charge in [-0.2, -0.15) is 0 Å². The normalized spacial score (nSPS) is 23.9. The Labute approximate surface area is 179 Å². The molecule has 3 aromatic rings. The van der Waals surface area contributed by atoms with Crippen LogP contribution in [0.15, 0.2) is 42.5 Å². The second-order valence-corrected chi connectivity index (χ2v) is 8.81. The largest absolute Gasteiger partial charge is 0.340 e. The SMILES string of the molecule is O=C(Nc1cc(Cl)ccc1Cl)N1[C@H](c2nc3ccccc3[nH]2)C[C@H]2CCCC[C@@H]21. The first-order valence-corrected chi connectivity index (χ1v) is 10.8. The molecule has 150 valence electrons. The van der Waals surface area contributed by atoms with Gasteiger partial charge in [-0.15, -0.1) is 0 Å². The van der Waals surface area contributed by atoms with Crippen LogP contribution in [-0.2, 0) is 0 Å². The number of rotatable bonds is 2. The van der Waals surface area contributed by atoms with Crippen molar-refractivity contribution in [1.29, 1.82) is 0 Å². The first-order valence-electron chi connectivity index (χ1n) is 10.1. The highest BCUT2D eigenvalue weighted by atomic mass is 35.5. The minimum atomic E-state index is -0.144. The highest BCUT2D eigenvalue weighted by Gasteiger charge is 2.46. The van der Waals surface area contributed by atoms with Gasteiger partial charge >= 0.3 is 6.03 Å². The third kappa shape index (κ3) is 3.47. The van der Waals surface area contributed by atoms with Crippen LogP contribution in [-0.4, -0.2) is 26.9 Å². The number of likely N-dealkylation sites (tertiary alicyclic amines) is 1. The molecular weight excluding hydrogens is 407 g/mol. The maximum absolute atomic E-state index is 13.4. The first kappa shape index (κ1) is 18.8. The molecule has 2 aliphatic rings. The lowest BCUT2D eigenvalue weighted by atomic mass is 9.85. The lowest BCUT2D eigenvalue weighted by Gasteiger charge is -2.33. The van der Waals surface area contributed by atoms with Crippen LogP contribution in [0.2, 0.25) is 10.0 Å². The lowest BCUT2D eigenvalue weighted by molar-refractivity contribution is 0.163. The van der Waals surface area contributed by atoms with Gasteiger partial charge in [0, 0.05) is 11.1 Å². The van der Waals surface area contributed by atoms with E-state index in [9.17, 15) is 4.79 Å². The van der Waals surface area contributed by atoms with Crippen LogP contribution in [0, 0.1) is 5.92 Å². The number of aromatic nitrogens is 2. The van der Waals surface area contributed by atoms with Crippen molar-refractivity contribution >= 4 is 46.0 Å². The molecule has 2 amide bonds. The number of H-pyrrole nitrogens is 1. The van der Waals surface area contributed by atoms with Crippen LogP contribution in [0.25, 0.3) is 11.0 Å². The van der Waals surface area contributed by atoms with Gasteiger partial charge in [-0.25, -0.2) is 9.78 Å². The van der Waals surface area contributed by atoms with Gasteiger partial charge in [-0.1, -0.05) is 48.2 Å². The second-order valence-electron chi connectivity index (χ2n) is 7.96. The number of halogens is 2. The molecule has 0 radical (unpaired) electrons. The minimum absolute atomic E-state index is 0.0755. The average Bonchev–Trinajstić information content (AvgIpc) is 3.32. The molecule has 2 fully saturated rings. The standard InChI is InChI=1S/C22H22Cl2N4O/c23-14-9-10-15(24)18(12-14)27-22(29)28-19-8-4-1-5-13(19)11-20(28)21-25-16-6-2-3-7-17(16)26-21/h2-3,6-7,9-10,12-13,19-20H,1,4-5,8,11H2,(H,25,26)(H,27,29)/t13-,19+,20+/m1/s1. The van der Waals surface area contributed by atoms with E-state index in [1.165, 1.54) is 6.42 Å². The Kier molecular flexibility index (Phi) is 4.88. The van der Waals surface area contributed by atoms with Gasteiger partial charge in [-0.05, 0) is 55.5 Å². The smallest absolute Gasteiger partial charge is 0.322 e. The fourth-order valence-corrected chi connectivity index (χ4v) is 5.24. The molecule has 0 spiro atoms. The number of para-hydroxylation sites is 2. The third-order valence-electron chi connectivity index (χ3n) is 6.22. The van der Waals surface area contributed by atoms with E-state index in [-0.39, 0.29) is 18.1 Å². The van der Waals surface area contributed by atoms with Crippen molar-refractivity contribution < 1.29 is 4.79 Å². The summed E-state index contributed by atoms with van der Waals surface area (Å²) in [4.78, 5) is 23.6. The molecule has 0 unspecified atom stereocenters. The Bertz CT molecular complexity index is 1030. The first-order chi connectivity index (χ1) is 14.1. The van der Waals surface area contributed by atoms with Gasteiger partial charge in [0.05, 0.1) is 27.8 Å². The quantitative estimate of drug-likeness (QED) is 0.495. The van der Waals surface area contributed by atoms with Gasteiger partial charge in [0.25, 0.3) is 0 Å². The third-order valence-corrected chi connectivity index (χ3v) is 6.78. The van der Waals surface area contributed by atoms with E-state index in [0.29, 0.717) is 21.7 Å². The molecule has 2 heterocycles.